The van der Waals surface area contributed by atoms with E-state index in [1.807, 2.05) is 0 Å². The van der Waals surface area contributed by atoms with Crippen LogP contribution in [0.3, 0.4) is 0 Å². The van der Waals surface area contributed by atoms with Gasteiger partial charge in [0.2, 0.25) is 0 Å². The minimum absolute atomic E-state index is 0.455. The first-order valence-electron chi connectivity index (χ1n) is 4.92. The average Bonchev–Trinajstić information content (AvgIpc) is 2.34. The topological polar surface area (TPSA) is 153 Å². The van der Waals surface area contributed by atoms with Gasteiger partial charge < -0.3 is 15.3 Å². The lowest BCUT2D eigenvalue weighted by molar-refractivity contribution is -0.386. The Morgan fingerprint density at radius 1 is 1.53 bits per heavy atom. The number of benzene rings is 1. The predicted molar refractivity (Wildman–Crippen MR) is 59.7 cm³/mol. The predicted octanol–water partition coefficient (Wildman–Crippen LogP) is 1.14. The van der Waals surface area contributed by atoms with Crippen molar-refractivity contribution >= 4 is 5.69 Å². The van der Waals surface area contributed by atoms with Crippen LogP contribution in [0, 0.1) is 15.9 Å². The van der Waals surface area contributed by atoms with Crippen LogP contribution in [-0.2, 0) is 0 Å². The van der Waals surface area contributed by atoms with Crippen LogP contribution in [0.1, 0.15) is 11.7 Å². The molecule has 2 atom stereocenters. The van der Waals surface area contributed by atoms with Gasteiger partial charge in [-0.15, -0.1) is 0 Å². The van der Waals surface area contributed by atoms with Crippen LogP contribution in [0.2, 0.25) is 0 Å². The molecular formula is C9H9FN4O5. The fraction of sp³-hybridized carbons (Fsp3) is 0.333. The number of aromatic hydroxyl groups is 1. The summed E-state index contributed by atoms with van der Waals surface area (Å²) in [4.78, 5) is 11.9. The molecule has 0 amide bonds. The zero-order chi connectivity index (χ0) is 14.6. The van der Waals surface area contributed by atoms with Gasteiger partial charge >= 0.3 is 5.69 Å². The fourth-order valence-corrected chi connectivity index (χ4v) is 1.37. The molecule has 3 N–H and O–H groups in total. The molecule has 0 bridgehead atoms. The highest BCUT2D eigenvalue weighted by molar-refractivity contribution is 5.49. The summed E-state index contributed by atoms with van der Waals surface area (Å²) in [5.41, 5.74) is 6.65. The molecule has 1 aromatic rings. The number of phenolic OH excluding ortho intramolecular Hbond substituents is 1. The van der Waals surface area contributed by atoms with Crippen molar-refractivity contribution in [3.05, 3.63) is 44.1 Å². The number of aliphatic hydroxyl groups is 2. The van der Waals surface area contributed by atoms with Crippen molar-refractivity contribution in [1.29, 1.82) is 0 Å². The first-order chi connectivity index (χ1) is 8.88. The Morgan fingerprint density at radius 2 is 2.16 bits per heavy atom. The molecule has 0 saturated heterocycles. The summed E-state index contributed by atoms with van der Waals surface area (Å²) in [5.74, 6) is -2.03. The summed E-state index contributed by atoms with van der Waals surface area (Å²) in [6, 6.07) is 1.06. The van der Waals surface area contributed by atoms with E-state index in [2.05, 4.69) is 10.0 Å². The third-order valence-corrected chi connectivity index (χ3v) is 2.31. The number of rotatable bonds is 5. The monoisotopic (exact) mass is 272 g/mol. The molecule has 0 aromatic heterocycles. The Morgan fingerprint density at radius 3 is 2.68 bits per heavy atom. The van der Waals surface area contributed by atoms with E-state index in [-0.39, 0.29) is 0 Å². The largest absolute Gasteiger partial charge is 0.502 e. The normalized spacial score (nSPS) is 13.4. The quantitative estimate of drug-likeness (QED) is 0.241. The van der Waals surface area contributed by atoms with E-state index in [1.165, 1.54) is 0 Å². The number of phenols is 1. The van der Waals surface area contributed by atoms with Crippen molar-refractivity contribution in [1.82, 2.24) is 0 Å². The van der Waals surface area contributed by atoms with Crippen LogP contribution in [0.15, 0.2) is 17.2 Å². The minimum atomic E-state index is -1.83. The van der Waals surface area contributed by atoms with Crippen LogP contribution >= 0.6 is 0 Å². The van der Waals surface area contributed by atoms with E-state index in [0.717, 1.165) is 0 Å². The molecule has 19 heavy (non-hydrogen) atoms. The second-order valence-electron chi connectivity index (χ2n) is 3.55. The van der Waals surface area contributed by atoms with Gasteiger partial charge in [-0.25, -0.2) is 4.39 Å². The number of hydrogen-bond acceptors (Lipinski definition) is 6. The molecule has 1 rings (SSSR count). The first kappa shape index (κ1) is 14.6. The number of nitro groups is 1. The second kappa shape index (κ2) is 5.96. The van der Waals surface area contributed by atoms with E-state index >= 15 is 0 Å². The lowest BCUT2D eigenvalue weighted by Gasteiger charge is -2.16. The van der Waals surface area contributed by atoms with Crippen LogP contribution in [0.25, 0.3) is 10.4 Å². The van der Waals surface area contributed by atoms with Gasteiger partial charge in [-0.3, -0.25) is 10.1 Å². The second-order valence-corrected chi connectivity index (χ2v) is 3.55. The highest BCUT2D eigenvalue weighted by Gasteiger charge is 2.26. The number of nitro benzene ring substituents is 1. The van der Waals surface area contributed by atoms with Crippen LogP contribution in [-0.4, -0.2) is 32.9 Å². The van der Waals surface area contributed by atoms with E-state index in [0.29, 0.717) is 12.1 Å². The Labute approximate surface area is 105 Å². The lowest BCUT2D eigenvalue weighted by atomic mass is 10.0. The maximum Gasteiger partial charge on any atom is 0.311 e. The molecule has 2 unspecified atom stereocenters. The smallest absolute Gasteiger partial charge is 0.311 e. The zero-order valence-corrected chi connectivity index (χ0v) is 9.34. The molecule has 0 aliphatic rings. The van der Waals surface area contributed by atoms with E-state index < -0.39 is 46.5 Å². The minimum Gasteiger partial charge on any atom is -0.502 e. The molecule has 9 nitrogen and oxygen atoms in total. The van der Waals surface area contributed by atoms with Crippen molar-refractivity contribution < 1.29 is 24.6 Å². The number of aliphatic hydroxyl groups excluding tert-OH is 2. The molecule has 0 heterocycles. The highest BCUT2D eigenvalue weighted by atomic mass is 19.1. The van der Waals surface area contributed by atoms with Crippen molar-refractivity contribution in [3.8, 4) is 5.75 Å². The van der Waals surface area contributed by atoms with E-state index in [1.54, 1.807) is 0 Å². The van der Waals surface area contributed by atoms with Crippen molar-refractivity contribution in [2.75, 3.05) is 6.54 Å². The molecule has 0 saturated carbocycles. The van der Waals surface area contributed by atoms with Crippen molar-refractivity contribution in [2.24, 2.45) is 5.11 Å². The van der Waals surface area contributed by atoms with Crippen molar-refractivity contribution in [3.63, 3.8) is 0 Å². The molecular weight excluding hydrogens is 263 g/mol. The number of hydrogen-bond donors (Lipinski definition) is 3. The van der Waals surface area contributed by atoms with Gasteiger partial charge in [-0.1, -0.05) is 5.11 Å². The average molecular weight is 272 g/mol. The lowest BCUT2D eigenvalue weighted by Crippen LogP contribution is -2.22. The molecule has 0 fully saturated rings. The molecule has 0 spiro atoms. The highest BCUT2D eigenvalue weighted by Crippen LogP contribution is 2.32. The van der Waals surface area contributed by atoms with E-state index in [4.69, 9.17) is 10.6 Å². The number of nitrogens with zero attached hydrogens (tertiary/aromatic N) is 4. The summed E-state index contributed by atoms with van der Waals surface area (Å²) in [6.45, 7) is -0.536. The Kier molecular flexibility index (Phi) is 4.59. The summed E-state index contributed by atoms with van der Waals surface area (Å²) < 4.78 is 13.5. The third kappa shape index (κ3) is 3.28. The molecule has 0 radical (unpaired) electrons. The van der Waals surface area contributed by atoms with Gasteiger partial charge in [-0.05, 0) is 5.53 Å². The maximum atomic E-state index is 13.5. The van der Waals surface area contributed by atoms with Crippen LogP contribution < -0.4 is 0 Å². The Hall–Kier alpha value is -2.42. The van der Waals surface area contributed by atoms with Gasteiger partial charge in [0.25, 0.3) is 0 Å². The van der Waals surface area contributed by atoms with Gasteiger partial charge in [0.15, 0.2) is 5.75 Å². The van der Waals surface area contributed by atoms with Gasteiger partial charge in [-0.2, -0.15) is 0 Å². The van der Waals surface area contributed by atoms with E-state index in [9.17, 15) is 24.7 Å². The van der Waals surface area contributed by atoms with Crippen LogP contribution in [0.5, 0.6) is 5.75 Å². The molecule has 102 valence electrons. The summed E-state index contributed by atoms with van der Waals surface area (Å²) >= 11 is 0. The molecule has 1 aromatic carbocycles. The zero-order valence-electron chi connectivity index (χ0n) is 9.34. The fourth-order valence-electron chi connectivity index (χ4n) is 1.37. The summed E-state index contributed by atoms with van der Waals surface area (Å²) in [5, 5.41) is 41.7. The summed E-state index contributed by atoms with van der Waals surface area (Å²) in [7, 11) is 0. The standard InChI is InChI=1S/C9H9FN4O5/c10-5-2-7(15)6(14(18)19)1-4(5)9(17)8(16)3-12-13-11/h1-2,8-9,15-17H,3H2. The van der Waals surface area contributed by atoms with Gasteiger partial charge in [0, 0.05) is 22.6 Å². The van der Waals surface area contributed by atoms with Gasteiger partial charge in [0.05, 0.1) is 17.6 Å². The van der Waals surface area contributed by atoms with Gasteiger partial charge in [0.1, 0.15) is 11.9 Å². The number of halogens is 1. The molecule has 10 heteroatoms. The Balaban J connectivity index is 3.15. The third-order valence-electron chi connectivity index (χ3n) is 2.31. The first-order valence-corrected chi connectivity index (χ1v) is 4.92. The van der Waals surface area contributed by atoms with Crippen LogP contribution in [0.4, 0.5) is 10.1 Å². The summed E-state index contributed by atoms with van der Waals surface area (Å²) in [6.07, 6.45) is -3.46. The SMILES string of the molecule is [N-]=[N+]=NCC(O)C(O)c1cc([N+](=O)[O-])c(O)cc1F. The Bertz CT molecular complexity index is 546. The maximum absolute atomic E-state index is 13.5. The molecule has 0 aliphatic carbocycles. The molecule has 0 aliphatic heterocycles. The number of azide groups is 1. The van der Waals surface area contributed by atoms with Crippen molar-refractivity contribution in [2.45, 2.75) is 12.2 Å².